The lowest BCUT2D eigenvalue weighted by atomic mass is 9.99. The number of halogens is 1. The van der Waals surface area contributed by atoms with Gasteiger partial charge in [-0.2, -0.15) is 5.26 Å². The molecule has 0 saturated carbocycles. The molecule has 1 fully saturated rings. The van der Waals surface area contributed by atoms with Crippen LogP contribution < -0.4 is 5.32 Å². The average Bonchev–Trinajstić information content (AvgIpc) is 2.41. The zero-order chi connectivity index (χ0) is 13.7. The first kappa shape index (κ1) is 14.4. The summed E-state index contributed by atoms with van der Waals surface area (Å²) in [6, 6.07) is 7.93. The summed E-state index contributed by atoms with van der Waals surface area (Å²) in [7, 11) is 0. The monoisotopic (exact) mass is 321 g/mol. The molecule has 1 saturated heterocycles. The summed E-state index contributed by atoms with van der Waals surface area (Å²) in [6.07, 6.45) is 2.61. The van der Waals surface area contributed by atoms with Crippen LogP contribution in [0.3, 0.4) is 0 Å². The molecule has 19 heavy (non-hydrogen) atoms. The van der Waals surface area contributed by atoms with Crippen LogP contribution in [0.25, 0.3) is 0 Å². The van der Waals surface area contributed by atoms with E-state index in [1.54, 1.807) is 0 Å². The van der Waals surface area contributed by atoms with Gasteiger partial charge in [-0.25, -0.2) is 0 Å². The zero-order valence-electron chi connectivity index (χ0n) is 11.3. The highest BCUT2D eigenvalue weighted by molar-refractivity contribution is 9.10. The third-order valence-electron chi connectivity index (χ3n) is 3.72. The third kappa shape index (κ3) is 4.22. The summed E-state index contributed by atoms with van der Waals surface area (Å²) in [5, 5.41) is 12.4. The first-order valence-electron chi connectivity index (χ1n) is 6.85. The van der Waals surface area contributed by atoms with Gasteiger partial charge in [0, 0.05) is 17.6 Å². The summed E-state index contributed by atoms with van der Waals surface area (Å²) in [4.78, 5) is 2.50. The Hall–Kier alpha value is -1.05. The van der Waals surface area contributed by atoms with Crippen LogP contribution in [0, 0.1) is 17.2 Å². The average molecular weight is 322 g/mol. The minimum absolute atomic E-state index is 0.704. The fraction of sp³-hybridized carbons (Fsp3) is 0.533. The topological polar surface area (TPSA) is 39.1 Å². The van der Waals surface area contributed by atoms with Crippen molar-refractivity contribution in [1.82, 2.24) is 4.90 Å². The minimum Gasteiger partial charge on any atom is -0.383 e. The quantitative estimate of drug-likeness (QED) is 0.923. The van der Waals surface area contributed by atoms with Crippen molar-refractivity contribution < 1.29 is 0 Å². The summed E-state index contributed by atoms with van der Waals surface area (Å²) in [5.74, 6) is 0.875. The fourth-order valence-corrected chi connectivity index (χ4v) is 2.76. The molecular formula is C15H20BrN3. The molecule has 0 aromatic heterocycles. The van der Waals surface area contributed by atoms with Crippen molar-refractivity contribution in [2.24, 2.45) is 5.92 Å². The Morgan fingerprint density at radius 2 is 2.16 bits per heavy atom. The van der Waals surface area contributed by atoms with Gasteiger partial charge in [0.2, 0.25) is 0 Å². The number of benzene rings is 1. The SMILES string of the molecule is CC1CCN(CCNc2cc(Br)ccc2C#N)CC1. The first-order chi connectivity index (χ1) is 9.19. The van der Waals surface area contributed by atoms with Crippen molar-refractivity contribution in [3.05, 3.63) is 28.2 Å². The first-order valence-corrected chi connectivity index (χ1v) is 7.64. The van der Waals surface area contributed by atoms with E-state index in [1.807, 2.05) is 18.2 Å². The third-order valence-corrected chi connectivity index (χ3v) is 4.22. The van der Waals surface area contributed by atoms with E-state index in [2.05, 4.69) is 39.1 Å². The number of likely N-dealkylation sites (tertiary alicyclic amines) is 1. The maximum Gasteiger partial charge on any atom is 0.101 e. The normalized spacial score (nSPS) is 17.1. The highest BCUT2D eigenvalue weighted by atomic mass is 79.9. The van der Waals surface area contributed by atoms with Crippen LogP contribution in [-0.4, -0.2) is 31.1 Å². The molecule has 0 spiro atoms. The van der Waals surface area contributed by atoms with Gasteiger partial charge in [-0.15, -0.1) is 0 Å². The molecule has 0 bridgehead atoms. The second kappa shape index (κ2) is 6.93. The van der Waals surface area contributed by atoms with E-state index in [9.17, 15) is 0 Å². The van der Waals surface area contributed by atoms with Gasteiger partial charge in [-0.3, -0.25) is 0 Å². The fourth-order valence-electron chi connectivity index (χ4n) is 2.39. The van der Waals surface area contributed by atoms with Gasteiger partial charge in [0.05, 0.1) is 11.3 Å². The van der Waals surface area contributed by atoms with E-state index >= 15 is 0 Å². The molecule has 1 aliphatic heterocycles. The highest BCUT2D eigenvalue weighted by Gasteiger charge is 2.14. The van der Waals surface area contributed by atoms with E-state index < -0.39 is 0 Å². The smallest absolute Gasteiger partial charge is 0.101 e. The van der Waals surface area contributed by atoms with E-state index in [0.29, 0.717) is 5.56 Å². The molecule has 1 heterocycles. The van der Waals surface area contributed by atoms with Gasteiger partial charge in [0.15, 0.2) is 0 Å². The molecule has 0 atom stereocenters. The van der Waals surface area contributed by atoms with Crippen LogP contribution in [0.1, 0.15) is 25.3 Å². The molecule has 3 nitrogen and oxygen atoms in total. The minimum atomic E-state index is 0.704. The Kier molecular flexibility index (Phi) is 5.24. The molecule has 0 unspecified atom stereocenters. The van der Waals surface area contributed by atoms with Gasteiger partial charge in [-0.1, -0.05) is 22.9 Å². The second-order valence-corrected chi connectivity index (χ2v) is 6.17. The largest absolute Gasteiger partial charge is 0.383 e. The number of nitrogens with zero attached hydrogens (tertiary/aromatic N) is 2. The summed E-state index contributed by atoms with van der Waals surface area (Å²) < 4.78 is 1.00. The molecule has 1 N–H and O–H groups in total. The molecule has 4 heteroatoms. The molecule has 2 rings (SSSR count). The van der Waals surface area contributed by atoms with E-state index in [-0.39, 0.29) is 0 Å². The summed E-state index contributed by atoms with van der Waals surface area (Å²) in [5.41, 5.74) is 1.62. The van der Waals surface area contributed by atoms with Crippen molar-refractivity contribution in [3.8, 4) is 6.07 Å². The Morgan fingerprint density at radius 1 is 1.42 bits per heavy atom. The van der Waals surface area contributed by atoms with Crippen molar-refractivity contribution in [2.75, 3.05) is 31.5 Å². The van der Waals surface area contributed by atoms with Crippen LogP contribution in [-0.2, 0) is 0 Å². The van der Waals surface area contributed by atoms with Crippen LogP contribution in [0.2, 0.25) is 0 Å². The van der Waals surface area contributed by atoms with Crippen molar-refractivity contribution in [3.63, 3.8) is 0 Å². The number of hydrogen-bond acceptors (Lipinski definition) is 3. The molecule has 1 aromatic rings. The van der Waals surface area contributed by atoms with E-state index in [0.717, 1.165) is 29.2 Å². The van der Waals surface area contributed by atoms with Crippen LogP contribution in [0.5, 0.6) is 0 Å². The highest BCUT2D eigenvalue weighted by Crippen LogP contribution is 2.21. The van der Waals surface area contributed by atoms with Crippen molar-refractivity contribution in [1.29, 1.82) is 5.26 Å². The van der Waals surface area contributed by atoms with E-state index in [4.69, 9.17) is 5.26 Å². The molecule has 1 aromatic carbocycles. The lowest BCUT2D eigenvalue weighted by Crippen LogP contribution is -2.36. The summed E-state index contributed by atoms with van der Waals surface area (Å²) in [6.45, 7) is 6.67. The van der Waals surface area contributed by atoms with Crippen LogP contribution >= 0.6 is 15.9 Å². The maximum atomic E-state index is 9.07. The van der Waals surface area contributed by atoms with Crippen molar-refractivity contribution >= 4 is 21.6 Å². The summed E-state index contributed by atoms with van der Waals surface area (Å²) >= 11 is 3.44. The Bertz CT molecular complexity index is 459. The number of piperidine rings is 1. The molecule has 1 aliphatic rings. The van der Waals surface area contributed by atoms with E-state index in [1.165, 1.54) is 25.9 Å². The molecular weight excluding hydrogens is 302 g/mol. The van der Waals surface area contributed by atoms with Gasteiger partial charge < -0.3 is 10.2 Å². The lowest BCUT2D eigenvalue weighted by Gasteiger charge is -2.30. The van der Waals surface area contributed by atoms with Crippen molar-refractivity contribution in [2.45, 2.75) is 19.8 Å². The van der Waals surface area contributed by atoms with Crippen LogP contribution in [0.15, 0.2) is 22.7 Å². The molecule has 0 aliphatic carbocycles. The maximum absolute atomic E-state index is 9.07. The predicted octanol–water partition coefficient (Wildman–Crippen LogP) is 3.46. The molecule has 102 valence electrons. The van der Waals surface area contributed by atoms with Crippen LogP contribution in [0.4, 0.5) is 5.69 Å². The second-order valence-electron chi connectivity index (χ2n) is 5.25. The van der Waals surface area contributed by atoms with Gasteiger partial charge >= 0.3 is 0 Å². The number of rotatable bonds is 4. The number of hydrogen-bond donors (Lipinski definition) is 1. The molecule has 0 amide bonds. The van der Waals surface area contributed by atoms with Gasteiger partial charge in [0.1, 0.15) is 6.07 Å². The Morgan fingerprint density at radius 3 is 2.84 bits per heavy atom. The predicted molar refractivity (Wildman–Crippen MR) is 82.2 cm³/mol. The standard InChI is InChI=1S/C15H20BrN3/c1-12-4-7-19(8-5-12)9-6-18-15-10-14(16)3-2-13(15)11-17/h2-3,10,12,18H,4-9H2,1H3. The Balaban J connectivity index is 1.83. The number of anilines is 1. The van der Waals surface area contributed by atoms with Gasteiger partial charge in [0.25, 0.3) is 0 Å². The lowest BCUT2D eigenvalue weighted by molar-refractivity contribution is 0.199. The zero-order valence-corrected chi connectivity index (χ0v) is 12.9. The number of nitriles is 1. The molecule has 0 radical (unpaired) electrons. The van der Waals surface area contributed by atoms with Gasteiger partial charge in [-0.05, 0) is 50.0 Å². The number of nitrogens with one attached hydrogen (secondary N) is 1. The Labute approximate surface area is 123 Å².